The zero-order chi connectivity index (χ0) is 17.9. The monoisotopic (exact) mass is 350 g/mol. The van der Waals surface area contributed by atoms with Crippen LogP contribution in [0.1, 0.15) is 22.5 Å². The second-order valence-electron chi connectivity index (χ2n) is 6.57. The van der Waals surface area contributed by atoms with Crippen molar-refractivity contribution in [2.45, 2.75) is 19.1 Å². The second kappa shape index (κ2) is 7.22. The Hall–Kier alpha value is -2.79. The zero-order valence-corrected chi connectivity index (χ0v) is 14.8. The minimum atomic E-state index is -0.0958. The predicted molar refractivity (Wildman–Crippen MR) is 100 cm³/mol. The molecule has 1 aliphatic rings. The third-order valence-corrected chi connectivity index (χ3v) is 4.92. The molecule has 0 saturated carbocycles. The van der Waals surface area contributed by atoms with Gasteiger partial charge in [0.15, 0.2) is 5.76 Å². The van der Waals surface area contributed by atoms with Crippen LogP contribution in [0, 0.1) is 0 Å². The third kappa shape index (κ3) is 3.18. The number of benzene rings is 2. The number of nitrogens with zero attached hydrogens (tertiary/aromatic N) is 1. The number of hydrogen-bond donors (Lipinski definition) is 1. The quantitative estimate of drug-likeness (QED) is 0.766. The Morgan fingerprint density at radius 1 is 1.19 bits per heavy atom. The number of likely N-dealkylation sites (N-methyl/N-ethyl adjacent to an activating group) is 1. The SMILES string of the molecule is CN(C(=O)c1oc2ccccc2c1COc1ccccc1)C1CCNC1. The minimum Gasteiger partial charge on any atom is -0.489 e. The van der Waals surface area contributed by atoms with Crippen molar-refractivity contribution in [3.05, 3.63) is 65.9 Å². The van der Waals surface area contributed by atoms with Gasteiger partial charge in [0, 0.05) is 30.6 Å². The molecule has 0 bridgehead atoms. The smallest absolute Gasteiger partial charge is 0.290 e. The van der Waals surface area contributed by atoms with E-state index in [1.54, 1.807) is 4.90 Å². The number of rotatable bonds is 5. The number of hydrogen-bond acceptors (Lipinski definition) is 4. The summed E-state index contributed by atoms with van der Waals surface area (Å²) >= 11 is 0. The van der Waals surface area contributed by atoms with Gasteiger partial charge in [-0.15, -0.1) is 0 Å². The van der Waals surface area contributed by atoms with E-state index < -0.39 is 0 Å². The summed E-state index contributed by atoms with van der Waals surface area (Å²) < 4.78 is 11.8. The molecule has 1 aliphatic heterocycles. The fourth-order valence-corrected chi connectivity index (χ4v) is 3.38. The Balaban J connectivity index is 1.65. The molecule has 5 heteroatoms. The Morgan fingerprint density at radius 2 is 1.96 bits per heavy atom. The first-order valence-electron chi connectivity index (χ1n) is 8.90. The van der Waals surface area contributed by atoms with Gasteiger partial charge < -0.3 is 19.4 Å². The molecule has 26 heavy (non-hydrogen) atoms. The number of nitrogens with one attached hydrogen (secondary N) is 1. The Bertz CT molecular complexity index is 898. The fraction of sp³-hybridized carbons (Fsp3) is 0.286. The first kappa shape index (κ1) is 16.7. The molecule has 1 amide bonds. The summed E-state index contributed by atoms with van der Waals surface area (Å²) in [5.41, 5.74) is 1.51. The number of para-hydroxylation sites is 2. The molecule has 1 aromatic heterocycles. The first-order valence-corrected chi connectivity index (χ1v) is 8.90. The predicted octanol–water partition coefficient (Wildman–Crippen LogP) is 3.45. The van der Waals surface area contributed by atoms with Crippen LogP contribution >= 0.6 is 0 Å². The maximum Gasteiger partial charge on any atom is 0.290 e. The number of fused-ring (bicyclic) bond motifs is 1. The first-order chi connectivity index (χ1) is 12.7. The van der Waals surface area contributed by atoms with Gasteiger partial charge in [-0.3, -0.25) is 4.79 Å². The number of ether oxygens (including phenoxy) is 1. The molecule has 5 nitrogen and oxygen atoms in total. The van der Waals surface area contributed by atoms with E-state index in [-0.39, 0.29) is 11.9 Å². The second-order valence-corrected chi connectivity index (χ2v) is 6.57. The van der Waals surface area contributed by atoms with Gasteiger partial charge in [0.1, 0.15) is 17.9 Å². The standard InChI is InChI=1S/C21H22N2O3/c1-23(15-11-12-22-13-15)21(24)20-18(14-25-16-7-3-2-4-8-16)17-9-5-6-10-19(17)26-20/h2-10,15,22H,11-14H2,1H3. The van der Waals surface area contributed by atoms with Crippen molar-refractivity contribution >= 4 is 16.9 Å². The molecule has 1 unspecified atom stereocenters. The highest BCUT2D eigenvalue weighted by Gasteiger charge is 2.29. The van der Waals surface area contributed by atoms with Crippen LogP contribution in [0.5, 0.6) is 5.75 Å². The van der Waals surface area contributed by atoms with Gasteiger partial charge in [-0.05, 0) is 31.2 Å². The molecule has 1 N–H and O–H groups in total. The van der Waals surface area contributed by atoms with Crippen molar-refractivity contribution in [3.63, 3.8) is 0 Å². The van der Waals surface area contributed by atoms with E-state index in [0.29, 0.717) is 18.0 Å². The van der Waals surface area contributed by atoms with Crippen LogP contribution in [0.3, 0.4) is 0 Å². The van der Waals surface area contributed by atoms with E-state index in [2.05, 4.69) is 5.32 Å². The zero-order valence-electron chi connectivity index (χ0n) is 14.8. The van der Waals surface area contributed by atoms with Crippen molar-refractivity contribution in [2.75, 3.05) is 20.1 Å². The normalized spacial score (nSPS) is 16.7. The summed E-state index contributed by atoms with van der Waals surface area (Å²) in [5, 5.41) is 4.22. The van der Waals surface area contributed by atoms with Crippen LogP contribution in [-0.4, -0.2) is 37.0 Å². The van der Waals surface area contributed by atoms with Gasteiger partial charge in [-0.2, -0.15) is 0 Å². The lowest BCUT2D eigenvalue weighted by molar-refractivity contribution is 0.0710. The van der Waals surface area contributed by atoms with Crippen LogP contribution in [-0.2, 0) is 6.61 Å². The van der Waals surface area contributed by atoms with Gasteiger partial charge in [-0.1, -0.05) is 36.4 Å². The summed E-state index contributed by atoms with van der Waals surface area (Å²) in [6, 6.07) is 17.5. The molecule has 134 valence electrons. The molecule has 3 aromatic rings. The Kier molecular flexibility index (Phi) is 4.63. The van der Waals surface area contributed by atoms with E-state index in [1.165, 1.54) is 0 Å². The maximum atomic E-state index is 13.1. The average molecular weight is 350 g/mol. The molecule has 1 atom stereocenters. The molecule has 1 fully saturated rings. The van der Waals surface area contributed by atoms with Crippen molar-refractivity contribution in [3.8, 4) is 5.75 Å². The van der Waals surface area contributed by atoms with E-state index in [9.17, 15) is 4.79 Å². The number of carbonyl (C=O) groups excluding carboxylic acids is 1. The summed E-state index contributed by atoms with van der Waals surface area (Å²) in [4.78, 5) is 14.9. The highest BCUT2D eigenvalue weighted by Crippen LogP contribution is 2.28. The van der Waals surface area contributed by atoms with Gasteiger partial charge in [0.05, 0.1) is 0 Å². The lowest BCUT2D eigenvalue weighted by atomic mass is 10.1. The molecule has 4 rings (SSSR count). The number of carbonyl (C=O) groups is 1. The highest BCUT2D eigenvalue weighted by atomic mass is 16.5. The van der Waals surface area contributed by atoms with Crippen LogP contribution in [0.2, 0.25) is 0 Å². The molecule has 0 radical (unpaired) electrons. The van der Waals surface area contributed by atoms with E-state index >= 15 is 0 Å². The molecule has 2 aromatic carbocycles. The maximum absolute atomic E-state index is 13.1. The van der Waals surface area contributed by atoms with E-state index in [4.69, 9.17) is 9.15 Å². The summed E-state index contributed by atoms with van der Waals surface area (Å²) in [6.07, 6.45) is 0.957. The van der Waals surface area contributed by atoms with Gasteiger partial charge >= 0.3 is 0 Å². The lowest BCUT2D eigenvalue weighted by Gasteiger charge is -2.23. The van der Waals surface area contributed by atoms with Crippen LogP contribution < -0.4 is 10.1 Å². The minimum absolute atomic E-state index is 0.0958. The lowest BCUT2D eigenvalue weighted by Crippen LogP contribution is -2.38. The molecule has 1 saturated heterocycles. The van der Waals surface area contributed by atoms with Crippen LogP contribution in [0.4, 0.5) is 0 Å². The van der Waals surface area contributed by atoms with Gasteiger partial charge in [-0.25, -0.2) is 0 Å². The number of amides is 1. The topological polar surface area (TPSA) is 54.7 Å². The molecular formula is C21H22N2O3. The van der Waals surface area contributed by atoms with Crippen molar-refractivity contribution in [1.82, 2.24) is 10.2 Å². The van der Waals surface area contributed by atoms with Gasteiger partial charge in [0.2, 0.25) is 0 Å². The fourth-order valence-electron chi connectivity index (χ4n) is 3.38. The summed E-state index contributed by atoms with van der Waals surface area (Å²) in [5.74, 6) is 1.04. The van der Waals surface area contributed by atoms with Crippen molar-refractivity contribution < 1.29 is 13.9 Å². The molecule has 2 heterocycles. The van der Waals surface area contributed by atoms with Gasteiger partial charge in [0.25, 0.3) is 5.91 Å². The van der Waals surface area contributed by atoms with Crippen LogP contribution in [0.25, 0.3) is 11.0 Å². The summed E-state index contributed by atoms with van der Waals surface area (Å²) in [7, 11) is 1.84. The Morgan fingerprint density at radius 3 is 2.73 bits per heavy atom. The Labute approximate surface area is 152 Å². The van der Waals surface area contributed by atoms with E-state index in [1.807, 2.05) is 61.6 Å². The third-order valence-electron chi connectivity index (χ3n) is 4.92. The molecule has 0 aliphatic carbocycles. The summed E-state index contributed by atoms with van der Waals surface area (Å²) in [6.45, 7) is 2.05. The molecule has 0 spiro atoms. The van der Waals surface area contributed by atoms with E-state index in [0.717, 1.165) is 36.2 Å². The largest absolute Gasteiger partial charge is 0.489 e. The average Bonchev–Trinajstić information content (AvgIpc) is 3.34. The highest BCUT2D eigenvalue weighted by molar-refractivity contribution is 5.99. The van der Waals surface area contributed by atoms with Crippen molar-refractivity contribution in [2.24, 2.45) is 0 Å². The van der Waals surface area contributed by atoms with Crippen molar-refractivity contribution in [1.29, 1.82) is 0 Å². The van der Waals surface area contributed by atoms with Crippen LogP contribution in [0.15, 0.2) is 59.0 Å². The molecular weight excluding hydrogens is 328 g/mol. The number of furan rings is 1.